The summed E-state index contributed by atoms with van der Waals surface area (Å²) in [6.07, 6.45) is 1.63. The second-order valence-electron chi connectivity index (χ2n) is 7.23. The third kappa shape index (κ3) is 4.61. The Morgan fingerprint density at radius 3 is 2.10 bits per heavy atom. The van der Waals surface area contributed by atoms with E-state index in [0.717, 1.165) is 28.1 Å². The molecule has 2 amide bonds. The average Bonchev–Trinajstić information content (AvgIpc) is 3.28. The first-order chi connectivity index (χ1) is 14.7. The highest BCUT2D eigenvalue weighted by Gasteiger charge is 2.28. The molecule has 1 N–H and O–H groups in total. The maximum atomic E-state index is 13.5. The summed E-state index contributed by atoms with van der Waals surface area (Å²) >= 11 is 0. The van der Waals surface area contributed by atoms with Crippen LogP contribution in [-0.4, -0.2) is 10.9 Å². The summed E-state index contributed by atoms with van der Waals surface area (Å²) in [6, 6.07) is 31.2. The average molecular weight is 396 g/mol. The van der Waals surface area contributed by atoms with Crippen LogP contribution in [0, 0.1) is 6.92 Å². The van der Waals surface area contributed by atoms with E-state index in [1.54, 1.807) is 6.26 Å². The number of nitrogens with zero attached hydrogens (tertiary/aromatic N) is 1. The van der Waals surface area contributed by atoms with E-state index in [-0.39, 0.29) is 12.1 Å². The van der Waals surface area contributed by atoms with Crippen LogP contribution in [0.5, 0.6) is 0 Å². The Kier molecular flexibility index (Phi) is 5.95. The SMILES string of the molecule is Cc1cccc(NC(=O)N(Cc2ccco2)C(c2ccccc2)c2ccccc2)c1. The molecule has 30 heavy (non-hydrogen) atoms. The van der Waals surface area contributed by atoms with Gasteiger partial charge in [-0.2, -0.15) is 0 Å². The van der Waals surface area contributed by atoms with Crippen molar-refractivity contribution in [2.75, 3.05) is 5.32 Å². The van der Waals surface area contributed by atoms with Crippen molar-refractivity contribution in [3.8, 4) is 0 Å². The lowest BCUT2D eigenvalue weighted by molar-refractivity contribution is 0.188. The molecule has 0 bridgehead atoms. The van der Waals surface area contributed by atoms with E-state index in [0.29, 0.717) is 6.54 Å². The molecule has 0 radical (unpaired) electrons. The van der Waals surface area contributed by atoms with Gasteiger partial charge in [-0.3, -0.25) is 0 Å². The van der Waals surface area contributed by atoms with Gasteiger partial charge in [0.2, 0.25) is 0 Å². The monoisotopic (exact) mass is 396 g/mol. The van der Waals surface area contributed by atoms with Crippen molar-refractivity contribution in [2.24, 2.45) is 0 Å². The number of carbonyl (C=O) groups excluding carboxylic acids is 1. The highest BCUT2D eigenvalue weighted by molar-refractivity contribution is 5.90. The summed E-state index contributed by atoms with van der Waals surface area (Å²) < 4.78 is 5.58. The molecular formula is C26H24N2O2. The number of furan rings is 1. The molecule has 0 fully saturated rings. The number of hydrogen-bond donors (Lipinski definition) is 1. The number of hydrogen-bond acceptors (Lipinski definition) is 2. The molecule has 3 aromatic carbocycles. The molecule has 0 unspecified atom stereocenters. The van der Waals surface area contributed by atoms with Gasteiger partial charge in [0.15, 0.2) is 0 Å². The smallest absolute Gasteiger partial charge is 0.323 e. The molecule has 1 aromatic heterocycles. The van der Waals surface area contributed by atoms with E-state index in [1.807, 2.05) is 109 Å². The Morgan fingerprint density at radius 1 is 0.867 bits per heavy atom. The first-order valence-electron chi connectivity index (χ1n) is 9.97. The molecule has 0 aliphatic rings. The molecule has 150 valence electrons. The highest BCUT2D eigenvalue weighted by Crippen LogP contribution is 2.31. The molecule has 4 nitrogen and oxygen atoms in total. The maximum Gasteiger partial charge on any atom is 0.323 e. The van der Waals surface area contributed by atoms with Crippen LogP contribution in [0.25, 0.3) is 0 Å². The number of nitrogens with one attached hydrogen (secondary N) is 1. The lowest BCUT2D eigenvalue weighted by Crippen LogP contribution is -2.38. The van der Waals surface area contributed by atoms with Gasteiger partial charge < -0.3 is 14.6 Å². The van der Waals surface area contributed by atoms with Gasteiger partial charge in [0.25, 0.3) is 0 Å². The van der Waals surface area contributed by atoms with Crippen LogP contribution in [0.4, 0.5) is 10.5 Å². The first-order valence-corrected chi connectivity index (χ1v) is 9.97. The second-order valence-corrected chi connectivity index (χ2v) is 7.23. The van der Waals surface area contributed by atoms with E-state index >= 15 is 0 Å². The summed E-state index contributed by atoms with van der Waals surface area (Å²) in [7, 11) is 0. The number of carbonyl (C=O) groups is 1. The molecule has 1 heterocycles. The Morgan fingerprint density at radius 2 is 1.53 bits per heavy atom. The van der Waals surface area contributed by atoms with E-state index in [2.05, 4.69) is 5.32 Å². The van der Waals surface area contributed by atoms with Crippen molar-refractivity contribution in [1.29, 1.82) is 0 Å². The van der Waals surface area contributed by atoms with Crippen LogP contribution >= 0.6 is 0 Å². The zero-order valence-corrected chi connectivity index (χ0v) is 16.9. The van der Waals surface area contributed by atoms with E-state index < -0.39 is 0 Å². The third-order valence-electron chi connectivity index (χ3n) is 4.98. The van der Waals surface area contributed by atoms with Gasteiger partial charge in [-0.25, -0.2) is 4.79 Å². The molecule has 4 aromatic rings. The van der Waals surface area contributed by atoms with Crippen molar-refractivity contribution in [3.63, 3.8) is 0 Å². The number of anilines is 1. The van der Waals surface area contributed by atoms with Crippen LogP contribution in [0.15, 0.2) is 108 Å². The summed E-state index contributed by atoms with van der Waals surface area (Å²) in [5.41, 5.74) is 3.93. The molecular weight excluding hydrogens is 372 g/mol. The van der Waals surface area contributed by atoms with Crippen molar-refractivity contribution in [1.82, 2.24) is 4.90 Å². The van der Waals surface area contributed by atoms with Crippen LogP contribution < -0.4 is 5.32 Å². The lowest BCUT2D eigenvalue weighted by Gasteiger charge is -2.32. The molecule has 0 aliphatic heterocycles. The van der Waals surface area contributed by atoms with Crippen LogP contribution in [0.2, 0.25) is 0 Å². The topological polar surface area (TPSA) is 45.5 Å². The Hall–Kier alpha value is -3.79. The first kappa shape index (κ1) is 19.5. The van der Waals surface area contributed by atoms with Crippen molar-refractivity contribution < 1.29 is 9.21 Å². The minimum Gasteiger partial charge on any atom is -0.467 e. The summed E-state index contributed by atoms with van der Waals surface area (Å²) in [5.74, 6) is 0.728. The zero-order chi connectivity index (χ0) is 20.8. The quantitative estimate of drug-likeness (QED) is 0.409. The highest BCUT2D eigenvalue weighted by atomic mass is 16.3. The fourth-order valence-corrected chi connectivity index (χ4v) is 3.59. The normalized spacial score (nSPS) is 10.7. The molecule has 0 atom stereocenters. The van der Waals surface area contributed by atoms with Crippen LogP contribution in [0.3, 0.4) is 0 Å². The minimum atomic E-state index is -0.262. The lowest BCUT2D eigenvalue weighted by atomic mass is 9.97. The van der Waals surface area contributed by atoms with Crippen molar-refractivity contribution >= 4 is 11.7 Å². The van der Waals surface area contributed by atoms with E-state index in [4.69, 9.17) is 4.42 Å². The minimum absolute atomic E-state index is 0.185. The van der Waals surface area contributed by atoms with Crippen LogP contribution in [-0.2, 0) is 6.54 Å². The van der Waals surface area contributed by atoms with Gasteiger partial charge in [0.05, 0.1) is 18.8 Å². The molecule has 4 rings (SSSR count). The van der Waals surface area contributed by atoms with Crippen LogP contribution in [0.1, 0.15) is 28.5 Å². The van der Waals surface area contributed by atoms with Crippen molar-refractivity contribution in [3.05, 3.63) is 126 Å². The van der Waals surface area contributed by atoms with E-state index in [1.165, 1.54) is 0 Å². The third-order valence-corrected chi connectivity index (χ3v) is 4.98. The Balaban J connectivity index is 1.74. The summed E-state index contributed by atoms with van der Waals surface area (Å²) in [6.45, 7) is 2.35. The Labute approximate surface area is 176 Å². The van der Waals surface area contributed by atoms with Gasteiger partial charge in [-0.05, 0) is 47.9 Å². The van der Waals surface area contributed by atoms with Gasteiger partial charge in [0, 0.05) is 5.69 Å². The van der Waals surface area contributed by atoms with Gasteiger partial charge in [0.1, 0.15) is 5.76 Å². The number of amides is 2. The zero-order valence-electron chi connectivity index (χ0n) is 16.9. The molecule has 0 aliphatic carbocycles. The number of urea groups is 1. The van der Waals surface area contributed by atoms with Crippen molar-refractivity contribution in [2.45, 2.75) is 19.5 Å². The number of rotatable bonds is 6. The Bertz CT molecular complexity index is 1040. The van der Waals surface area contributed by atoms with Gasteiger partial charge in [-0.15, -0.1) is 0 Å². The summed E-state index contributed by atoms with van der Waals surface area (Å²) in [4.78, 5) is 15.3. The van der Waals surface area contributed by atoms with Gasteiger partial charge in [-0.1, -0.05) is 72.8 Å². The molecule has 0 spiro atoms. The number of benzene rings is 3. The second kappa shape index (κ2) is 9.14. The summed E-state index contributed by atoms with van der Waals surface area (Å²) in [5, 5.41) is 3.06. The fourth-order valence-electron chi connectivity index (χ4n) is 3.59. The number of aryl methyl sites for hydroxylation is 1. The molecule has 4 heteroatoms. The standard InChI is InChI=1S/C26H24N2O2/c1-20-10-8-15-23(18-20)27-26(29)28(19-24-16-9-17-30-24)25(21-11-4-2-5-12-21)22-13-6-3-7-14-22/h2-18,25H,19H2,1H3,(H,27,29). The predicted molar refractivity (Wildman–Crippen MR) is 119 cm³/mol. The largest absolute Gasteiger partial charge is 0.467 e. The van der Waals surface area contributed by atoms with E-state index in [9.17, 15) is 4.79 Å². The predicted octanol–water partition coefficient (Wildman–Crippen LogP) is 6.41. The van der Waals surface area contributed by atoms with Gasteiger partial charge >= 0.3 is 6.03 Å². The maximum absolute atomic E-state index is 13.5. The molecule has 0 saturated carbocycles. The fraction of sp³-hybridized carbons (Fsp3) is 0.115. The molecule has 0 saturated heterocycles.